The molecule has 170 valence electrons. The number of halogens is 1. The maximum absolute atomic E-state index is 13.3. The van der Waals surface area contributed by atoms with Crippen molar-refractivity contribution in [3.63, 3.8) is 0 Å². The second-order valence-electron chi connectivity index (χ2n) is 8.62. The predicted octanol–water partition coefficient (Wildman–Crippen LogP) is 3.43. The van der Waals surface area contributed by atoms with Crippen LogP contribution in [0.4, 0.5) is 4.79 Å². The molecule has 0 spiro atoms. The van der Waals surface area contributed by atoms with Gasteiger partial charge in [0, 0.05) is 30.6 Å². The SMILES string of the molecule is COc1cccc(C[C@]2(C3CCN(Cc4cc(Cl)ccc4O)CC3)NC(=O)N(C)C2=O)c1. The second kappa shape index (κ2) is 9.00. The van der Waals surface area contributed by atoms with Gasteiger partial charge < -0.3 is 15.2 Å². The zero-order valence-corrected chi connectivity index (χ0v) is 19.1. The summed E-state index contributed by atoms with van der Waals surface area (Å²) in [6, 6.07) is 12.3. The number of carbonyl (C=O) groups excluding carboxylic acids is 2. The molecule has 2 aliphatic rings. The van der Waals surface area contributed by atoms with Crippen LogP contribution >= 0.6 is 11.6 Å². The van der Waals surface area contributed by atoms with Crippen LogP contribution in [0.2, 0.25) is 5.02 Å². The maximum Gasteiger partial charge on any atom is 0.324 e. The number of aromatic hydroxyl groups is 1. The Kier molecular flexibility index (Phi) is 6.31. The molecular formula is C24H28ClN3O4. The molecule has 2 N–H and O–H groups in total. The standard InChI is InChI=1S/C24H28ClN3O4/c1-27-22(30)24(26-23(27)31,14-16-4-3-5-20(12-16)32-2)18-8-10-28(11-9-18)15-17-13-19(25)6-7-21(17)29/h3-7,12-13,18,29H,8-11,14-15H2,1-2H3,(H,26,31)/t24-/m1/s1. The molecule has 2 saturated heterocycles. The minimum Gasteiger partial charge on any atom is -0.508 e. The van der Waals surface area contributed by atoms with E-state index in [0.717, 1.165) is 42.8 Å². The van der Waals surface area contributed by atoms with Gasteiger partial charge in [-0.05, 0) is 67.7 Å². The molecule has 32 heavy (non-hydrogen) atoms. The van der Waals surface area contributed by atoms with Gasteiger partial charge in [0.15, 0.2) is 0 Å². The van der Waals surface area contributed by atoms with Gasteiger partial charge in [0.1, 0.15) is 17.0 Å². The Bertz CT molecular complexity index is 1020. The summed E-state index contributed by atoms with van der Waals surface area (Å²) in [7, 11) is 3.14. The van der Waals surface area contributed by atoms with E-state index in [2.05, 4.69) is 10.2 Å². The zero-order chi connectivity index (χ0) is 22.9. The number of phenols is 1. The highest BCUT2D eigenvalue weighted by Gasteiger charge is 2.54. The van der Waals surface area contributed by atoms with Crippen molar-refractivity contribution >= 4 is 23.5 Å². The maximum atomic E-state index is 13.3. The van der Waals surface area contributed by atoms with Gasteiger partial charge in [-0.25, -0.2) is 4.79 Å². The largest absolute Gasteiger partial charge is 0.508 e. The molecular weight excluding hydrogens is 430 g/mol. The Hall–Kier alpha value is -2.77. The van der Waals surface area contributed by atoms with E-state index in [4.69, 9.17) is 16.3 Å². The Labute approximate surface area is 192 Å². The van der Waals surface area contributed by atoms with E-state index >= 15 is 0 Å². The monoisotopic (exact) mass is 457 g/mol. The summed E-state index contributed by atoms with van der Waals surface area (Å²) in [6.07, 6.45) is 1.93. The van der Waals surface area contributed by atoms with Crippen LogP contribution < -0.4 is 10.1 Å². The average molecular weight is 458 g/mol. The Balaban J connectivity index is 1.52. The first-order chi connectivity index (χ1) is 15.3. The van der Waals surface area contributed by atoms with Crippen LogP contribution in [0, 0.1) is 5.92 Å². The number of likely N-dealkylation sites (tertiary alicyclic amines) is 1. The van der Waals surface area contributed by atoms with Crippen molar-refractivity contribution in [1.29, 1.82) is 0 Å². The highest BCUT2D eigenvalue weighted by molar-refractivity contribution is 6.30. The lowest BCUT2D eigenvalue weighted by atomic mass is 9.74. The van der Waals surface area contributed by atoms with Crippen molar-refractivity contribution in [3.05, 3.63) is 58.6 Å². The first-order valence-corrected chi connectivity index (χ1v) is 11.1. The predicted molar refractivity (Wildman–Crippen MR) is 122 cm³/mol. The van der Waals surface area contributed by atoms with Gasteiger partial charge in [-0.2, -0.15) is 0 Å². The van der Waals surface area contributed by atoms with Gasteiger partial charge in [0.25, 0.3) is 5.91 Å². The number of hydrogen-bond acceptors (Lipinski definition) is 5. The zero-order valence-electron chi connectivity index (χ0n) is 18.3. The summed E-state index contributed by atoms with van der Waals surface area (Å²) >= 11 is 6.08. The minimum absolute atomic E-state index is 0.000640. The summed E-state index contributed by atoms with van der Waals surface area (Å²) in [5.41, 5.74) is 0.759. The number of rotatable bonds is 6. The van der Waals surface area contributed by atoms with E-state index in [0.29, 0.717) is 18.0 Å². The molecule has 2 aromatic carbocycles. The van der Waals surface area contributed by atoms with Crippen molar-refractivity contribution in [2.75, 3.05) is 27.2 Å². The molecule has 0 saturated carbocycles. The summed E-state index contributed by atoms with van der Waals surface area (Å²) in [5, 5.41) is 13.8. The number of nitrogens with one attached hydrogen (secondary N) is 1. The second-order valence-corrected chi connectivity index (χ2v) is 9.05. The molecule has 2 heterocycles. The lowest BCUT2D eigenvalue weighted by Crippen LogP contribution is -2.57. The number of urea groups is 1. The fourth-order valence-corrected chi connectivity index (χ4v) is 5.07. The van der Waals surface area contributed by atoms with E-state index in [9.17, 15) is 14.7 Å². The molecule has 3 amide bonds. The highest BCUT2D eigenvalue weighted by atomic mass is 35.5. The topological polar surface area (TPSA) is 82.1 Å². The molecule has 0 aliphatic carbocycles. The molecule has 2 fully saturated rings. The molecule has 4 rings (SSSR count). The molecule has 1 atom stereocenters. The number of hydrogen-bond donors (Lipinski definition) is 2. The van der Waals surface area contributed by atoms with Crippen LogP contribution in [-0.4, -0.2) is 59.6 Å². The quantitative estimate of drug-likeness (QED) is 0.649. The fourth-order valence-electron chi connectivity index (χ4n) is 4.87. The number of likely N-dealkylation sites (N-methyl/N-ethyl adjacent to an activating group) is 1. The number of amides is 3. The van der Waals surface area contributed by atoms with Crippen LogP contribution in [0.5, 0.6) is 11.5 Å². The molecule has 0 radical (unpaired) electrons. The van der Waals surface area contributed by atoms with Gasteiger partial charge in [-0.15, -0.1) is 0 Å². The van der Waals surface area contributed by atoms with Crippen molar-refractivity contribution in [2.45, 2.75) is 31.3 Å². The highest BCUT2D eigenvalue weighted by Crippen LogP contribution is 2.37. The summed E-state index contributed by atoms with van der Waals surface area (Å²) < 4.78 is 5.34. The van der Waals surface area contributed by atoms with Crippen LogP contribution in [0.1, 0.15) is 24.0 Å². The summed E-state index contributed by atoms with van der Waals surface area (Å²) in [5.74, 6) is 0.764. The number of nitrogens with zero attached hydrogens (tertiary/aromatic N) is 2. The van der Waals surface area contributed by atoms with Crippen molar-refractivity contribution < 1.29 is 19.4 Å². The number of carbonyl (C=O) groups is 2. The van der Waals surface area contributed by atoms with Crippen LogP contribution in [0.3, 0.4) is 0 Å². The van der Waals surface area contributed by atoms with Gasteiger partial charge in [0.2, 0.25) is 0 Å². The van der Waals surface area contributed by atoms with Crippen molar-refractivity contribution in [1.82, 2.24) is 15.1 Å². The van der Waals surface area contributed by atoms with Gasteiger partial charge >= 0.3 is 6.03 Å². The molecule has 0 bridgehead atoms. The van der Waals surface area contributed by atoms with E-state index < -0.39 is 5.54 Å². The van der Waals surface area contributed by atoms with Gasteiger partial charge in [-0.3, -0.25) is 14.6 Å². The first kappa shape index (κ1) is 22.4. The third kappa shape index (κ3) is 4.27. The fraction of sp³-hybridized carbons (Fsp3) is 0.417. The van der Waals surface area contributed by atoms with Crippen molar-refractivity contribution in [2.24, 2.45) is 5.92 Å². The Morgan fingerprint density at radius 1 is 1.19 bits per heavy atom. The number of imide groups is 1. The molecule has 0 unspecified atom stereocenters. The summed E-state index contributed by atoms with van der Waals surface area (Å²) in [6.45, 7) is 2.09. The lowest BCUT2D eigenvalue weighted by molar-refractivity contribution is -0.133. The third-order valence-electron chi connectivity index (χ3n) is 6.66. The number of phenolic OH excluding ortho intramolecular Hbond substituents is 1. The average Bonchev–Trinajstić information content (AvgIpc) is 3.01. The number of ether oxygens (including phenoxy) is 1. The smallest absolute Gasteiger partial charge is 0.324 e. The Morgan fingerprint density at radius 2 is 1.94 bits per heavy atom. The Morgan fingerprint density at radius 3 is 2.59 bits per heavy atom. The van der Waals surface area contributed by atoms with E-state index in [1.54, 1.807) is 25.3 Å². The molecule has 2 aliphatic heterocycles. The lowest BCUT2D eigenvalue weighted by Gasteiger charge is -2.41. The number of benzene rings is 2. The van der Waals surface area contributed by atoms with Crippen LogP contribution in [-0.2, 0) is 17.8 Å². The third-order valence-corrected chi connectivity index (χ3v) is 6.89. The summed E-state index contributed by atoms with van der Waals surface area (Å²) in [4.78, 5) is 29.2. The van der Waals surface area contributed by atoms with Crippen molar-refractivity contribution in [3.8, 4) is 11.5 Å². The molecule has 2 aromatic rings. The van der Waals surface area contributed by atoms with Crippen LogP contribution in [0.25, 0.3) is 0 Å². The van der Waals surface area contributed by atoms with Crippen LogP contribution in [0.15, 0.2) is 42.5 Å². The minimum atomic E-state index is -0.970. The van der Waals surface area contributed by atoms with Gasteiger partial charge in [-0.1, -0.05) is 23.7 Å². The number of piperidine rings is 1. The van der Waals surface area contributed by atoms with E-state index in [-0.39, 0.29) is 23.6 Å². The van der Waals surface area contributed by atoms with Gasteiger partial charge in [0.05, 0.1) is 7.11 Å². The molecule has 8 heteroatoms. The normalized spacial score (nSPS) is 22.3. The number of methoxy groups -OCH3 is 1. The first-order valence-electron chi connectivity index (χ1n) is 10.8. The van der Waals surface area contributed by atoms with E-state index in [1.807, 2.05) is 24.3 Å². The van der Waals surface area contributed by atoms with E-state index in [1.165, 1.54) is 11.9 Å². The molecule has 0 aromatic heterocycles. The molecule has 7 nitrogen and oxygen atoms in total.